The Morgan fingerprint density at radius 2 is 1.18 bits per heavy atom. The second kappa shape index (κ2) is 5.85. The van der Waals surface area contributed by atoms with Crippen molar-refractivity contribution < 1.29 is 0 Å². The van der Waals surface area contributed by atoms with Gasteiger partial charge in [0.05, 0.1) is 0 Å². The Morgan fingerprint density at radius 3 is 1.75 bits per heavy atom. The molecule has 148 valence electrons. The first-order valence-corrected chi connectivity index (χ1v) is 11.7. The fourth-order valence-electron chi connectivity index (χ4n) is 5.02. The number of hydrogen-bond acceptors (Lipinski definition) is 0. The standard InChI is InChI=1S/C26H30Br2/c1-23(2,3)15-9-17-13-22(28)20-12-16(24(4,5)6)10-18-14-21(27)19(11-15)25(17,7)26(18,20)8/h9-14H,1-8H3/t25-,26+. The highest BCUT2D eigenvalue weighted by molar-refractivity contribution is 9.12. The SMILES string of the molecule is CC(C)(C)C1=CC2=CC(Br)=C3C=C(C(C)(C)C)C=C4C=C(Br)C(=C1)[C@@]2(C)[C@]43C. The van der Waals surface area contributed by atoms with Gasteiger partial charge in [0, 0.05) is 19.8 Å². The molecule has 0 heterocycles. The van der Waals surface area contributed by atoms with Gasteiger partial charge in [0.1, 0.15) is 0 Å². The van der Waals surface area contributed by atoms with E-state index in [1.54, 1.807) is 0 Å². The molecule has 0 saturated carbocycles. The normalized spacial score (nSPS) is 31.9. The smallest absolute Gasteiger partial charge is 0.0321 e. The Hall–Kier alpha value is -0.860. The molecule has 2 atom stereocenters. The molecule has 0 saturated heterocycles. The molecule has 0 aliphatic heterocycles. The second-order valence-electron chi connectivity index (χ2n) is 11.0. The molecule has 0 N–H and O–H groups in total. The topological polar surface area (TPSA) is 0 Å². The molecule has 0 fully saturated rings. The Balaban J connectivity index is 2.10. The van der Waals surface area contributed by atoms with Crippen molar-refractivity contribution in [2.75, 3.05) is 0 Å². The fraction of sp³-hybridized carbons (Fsp3) is 0.462. The van der Waals surface area contributed by atoms with E-state index in [1.165, 1.54) is 42.4 Å². The Bertz CT molecular complexity index is 1010. The van der Waals surface area contributed by atoms with Gasteiger partial charge < -0.3 is 0 Å². The summed E-state index contributed by atoms with van der Waals surface area (Å²) in [6, 6.07) is 0. The lowest BCUT2D eigenvalue weighted by molar-refractivity contribution is 0.244. The molecule has 0 unspecified atom stereocenters. The zero-order valence-electron chi connectivity index (χ0n) is 18.2. The summed E-state index contributed by atoms with van der Waals surface area (Å²) in [5, 5.41) is 0. The van der Waals surface area contributed by atoms with Crippen LogP contribution in [-0.4, -0.2) is 0 Å². The van der Waals surface area contributed by atoms with E-state index in [2.05, 4.69) is 124 Å². The van der Waals surface area contributed by atoms with Gasteiger partial charge in [-0.05, 0) is 56.4 Å². The zero-order chi connectivity index (χ0) is 20.9. The molecule has 0 radical (unpaired) electrons. The van der Waals surface area contributed by atoms with Crippen molar-refractivity contribution in [2.24, 2.45) is 21.7 Å². The van der Waals surface area contributed by atoms with Crippen molar-refractivity contribution in [3.8, 4) is 0 Å². The van der Waals surface area contributed by atoms with Crippen LogP contribution in [0.2, 0.25) is 0 Å². The molecule has 0 aromatic rings. The van der Waals surface area contributed by atoms with Crippen LogP contribution in [0.1, 0.15) is 55.4 Å². The maximum Gasteiger partial charge on any atom is 0.0321 e. The lowest BCUT2D eigenvalue weighted by Crippen LogP contribution is -2.49. The van der Waals surface area contributed by atoms with Crippen LogP contribution in [0.4, 0.5) is 0 Å². The van der Waals surface area contributed by atoms with E-state index in [9.17, 15) is 0 Å². The van der Waals surface area contributed by atoms with Crippen LogP contribution >= 0.6 is 31.9 Å². The van der Waals surface area contributed by atoms with Crippen LogP contribution in [0.15, 0.2) is 78.9 Å². The van der Waals surface area contributed by atoms with Crippen molar-refractivity contribution in [3.05, 3.63) is 78.9 Å². The van der Waals surface area contributed by atoms with Gasteiger partial charge in [-0.25, -0.2) is 0 Å². The maximum absolute atomic E-state index is 3.95. The maximum atomic E-state index is 3.95. The van der Waals surface area contributed by atoms with Crippen molar-refractivity contribution in [2.45, 2.75) is 55.4 Å². The first-order valence-electron chi connectivity index (χ1n) is 10.1. The van der Waals surface area contributed by atoms with Crippen molar-refractivity contribution >= 4 is 31.9 Å². The van der Waals surface area contributed by atoms with Gasteiger partial charge in [-0.15, -0.1) is 0 Å². The quantitative estimate of drug-likeness (QED) is 0.311. The van der Waals surface area contributed by atoms with Crippen molar-refractivity contribution in [1.82, 2.24) is 0 Å². The van der Waals surface area contributed by atoms with Crippen LogP contribution in [0, 0.1) is 21.7 Å². The highest BCUT2D eigenvalue weighted by Crippen LogP contribution is 2.69. The molecule has 28 heavy (non-hydrogen) atoms. The summed E-state index contributed by atoms with van der Waals surface area (Å²) >= 11 is 7.91. The average Bonchev–Trinajstić information content (AvgIpc) is 2.54. The summed E-state index contributed by atoms with van der Waals surface area (Å²) < 4.78 is 2.43. The minimum Gasteiger partial charge on any atom is -0.0561 e. The van der Waals surface area contributed by atoms with Crippen LogP contribution < -0.4 is 0 Å². The highest BCUT2D eigenvalue weighted by Gasteiger charge is 2.59. The molecular weight excluding hydrogens is 472 g/mol. The average molecular weight is 502 g/mol. The number of rotatable bonds is 0. The Labute approximate surface area is 187 Å². The van der Waals surface area contributed by atoms with Crippen molar-refractivity contribution in [3.63, 3.8) is 0 Å². The third-order valence-corrected chi connectivity index (χ3v) is 8.58. The van der Waals surface area contributed by atoms with Crippen molar-refractivity contribution in [1.29, 1.82) is 0 Å². The summed E-state index contributed by atoms with van der Waals surface area (Å²) in [6.45, 7) is 18.6. The summed E-state index contributed by atoms with van der Waals surface area (Å²) in [7, 11) is 0. The summed E-state index contributed by atoms with van der Waals surface area (Å²) in [6.07, 6.45) is 14.4. The van der Waals surface area contributed by atoms with Gasteiger partial charge in [-0.2, -0.15) is 0 Å². The number of hydrogen-bond donors (Lipinski definition) is 0. The molecule has 4 aliphatic carbocycles. The van der Waals surface area contributed by atoms with E-state index < -0.39 is 0 Å². The third-order valence-electron chi connectivity index (χ3n) is 7.26. The molecule has 0 aromatic carbocycles. The zero-order valence-corrected chi connectivity index (χ0v) is 21.4. The predicted octanol–water partition coefficient (Wildman–Crippen LogP) is 8.71. The monoisotopic (exact) mass is 500 g/mol. The summed E-state index contributed by atoms with van der Waals surface area (Å²) in [5.41, 5.74) is 8.42. The Morgan fingerprint density at radius 1 is 0.643 bits per heavy atom. The van der Waals surface area contributed by atoms with Crippen LogP contribution in [0.25, 0.3) is 0 Å². The van der Waals surface area contributed by atoms with Crippen LogP contribution in [-0.2, 0) is 0 Å². The van der Waals surface area contributed by atoms with Gasteiger partial charge in [-0.3, -0.25) is 0 Å². The first kappa shape index (κ1) is 20.4. The van der Waals surface area contributed by atoms with E-state index in [1.807, 2.05) is 0 Å². The third kappa shape index (κ3) is 2.53. The fourth-order valence-corrected chi connectivity index (χ4v) is 6.53. The van der Waals surface area contributed by atoms with E-state index in [4.69, 9.17) is 0 Å². The van der Waals surface area contributed by atoms with Gasteiger partial charge in [0.25, 0.3) is 0 Å². The van der Waals surface area contributed by atoms with E-state index in [-0.39, 0.29) is 21.7 Å². The molecule has 0 nitrogen and oxygen atoms in total. The first-order chi connectivity index (χ1) is 12.7. The number of halogens is 2. The van der Waals surface area contributed by atoms with E-state index in [0.717, 1.165) is 0 Å². The minimum absolute atomic E-state index is 0.0896. The molecule has 4 rings (SSSR count). The summed E-state index contributed by atoms with van der Waals surface area (Å²) in [5.74, 6) is 0. The van der Waals surface area contributed by atoms with Gasteiger partial charge in [0.2, 0.25) is 0 Å². The molecule has 0 aromatic heterocycles. The van der Waals surface area contributed by atoms with Gasteiger partial charge >= 0.3 is 0 Å². The second-order valence-corrected chi connectivity index (χ2v) is 12.7. The Kier molecular flexibility index (Phi) is 4.27. The lowest BCUT2D eigenvalue weighted by atomic mass is 9.45. The lowest BCUT2D eigenvalue weighted by Gasteiger charge is -2.58. The molecule has 0 spiro atoms. The van der Waals surface area contributed by atoms with E-state index in [0.29, 0.717) is 0 Å². The van der Waals surface area contributed by atoms with Crippen LogP contribution in [0.3, 0.4) is 0 Å². The largest absolute Gasteiger partial charge is 0.0561 e. The predicted molar refractivity (Wildman–Crippen MR) is 129 cm³/mol. The number of allylic oxidation sites excluding steroid dienone is 14. The molecule has 2 heteroatoms. The molecule has 0 amide bonds. The minimum atomic E-state index is -0.0896. The molecule has 0 bridgehead atoms. The van der Waals surface area contributed by atoms with E-state index >= 15 is 0 Å². The molecular formula is C26H30Br2. The van der Waals surface area contributed by atoms with Gasteiger partial charge in [0.15, 0.2) is 0 Å². The highest BCUT2D eigenvalue weighted by atomic mass is 79.9. The summed E-state index contributed by atoms with van der Waals surface area (Å²) in [4.78, 5) is 0. The van der Waals surface area contributed by atoms with Gasteiger partial charge in [-0.1, -0.05) is 112 Å². The molecule has 4 aliphatic rings. The van der Waals surface area contributed by atoms with Crippen LogP contribution in [0.5, 0.6) is 0 Å².